The molecule has 0 bridgehead atoms. The molecule has 2 aromatic rings. The molecule has 0 amide bonds. The molecule has 1 aliphatic heterocycles. The van der Waals surface area contributed by atoms with Gasteiger partial charge >= 0.3 is 0 Å². The molecular formula is C18H26N2O2. The summed E-state index contributed by atoms with van der Waals surface area (Å²) in [5.41, 5.74) is 4.12. The van der Waals surface area contributed by atoms with Crippen LogP contribution >= 0.6 is 0 Å². The highest BCUT2D eigenvalue weighted by Crippen LogP contribution is 2.53. The van der Waals surface area contributed by atoms with Crippen LogP contribution < -0.4 is 9.47 Å². The summed E-state index contributed by atoms with van der Waals surface area (Å²) in [5, 5.41) is 0. The second kappa shape index (κ2) is 4.18. The minimum atomic E-state index is -0.692. The number of ether oxygens (including phenoxy) is 2. The number of benzene rings is 1. The van der Waals surface area contributed by atoms with Crippen LogP contribution in [0.25, 0.3) is 11.0 Å². The standard InChI is InChI=1S/C18H26N2O2/c1-10-11(16(2,3)4)12-13(20-9-19-12)15-14(10)21-18(8,22-15)17(5,6)7/h9H,1-8H3,(H,19,20). The molecule has 0 saturated carbocycles. The van der Waals surface area contributed by atoms with Crippen molar-refractivity contribution in [1.29, 1.82) is 0 Å². The maximum atomic E-state index is 6.33. The third-order valence-electron chi connectivity index (χ3n) is 4.73. The van der Waals surface area contributed by atoms with Crippen molar-refractivity contribution >= 4 is 11.0 Å². The summed E-state index contributed by atoms with van der Waals surface area (Å²) in [6.45, 7) is 17.1. The van der Waals surface area contributed by atoms with Gasteiger partial charge < -0.3 is 14.5 Å². The van der Waals surface area contributed by atoms with Gasteiger partial charge in [0.25, 0.3) is 5.79 Å². The molecule has 1 aromatic heterocycles. The van der Waals surface area contributed by atoms with Gasteiger partial charge in [-0.1, -0.05) is 41.5 Å². The highest BCUT2D eigenvalue weighted by Gasteiger charge is 2.49. The van der Waals surface area contributed by atoms with E-state index in [0.29, 0.717) is 0 Å². The SMILES string of the molecule is Cc1c2c(c3nc[nH]c3c1C(C)(C)C)OC(C)(C(C)(C)C)O2. The fourth-order valence-corrected chi connectivity index (χ4v) is 3.11. The molecule has 0 spiro atoms. The van der Waals surface area contributed by atoms with Gasteiger partial charge in [0.2, 0.25) is 0 Å². The lowest BCUT2D eigenvalue weighted by atomic mass is 9.82. The summed E-state index contributed by atoms with van der Waals surface area (Å²) < 4.78 is 12.6. The Labute approximate surface area is 132 Å². The van der Waals surface area contributed by atoms with Crippen LogP contribution in [0, 0.1) is 12.3 Å². The minimum Gasteiger partial charge on any atom is -0.448 e. The van der Waals surface area contributed by atoms with Gasteiger partial charge in [-0.05, 0) is 17.9 Å². The van der Waals surface area contributed by atoms with E-state index in [9.17, 15) is 0 Å². The van der Waals surface area contributed by atoms with Crippen molar-refractivity contribution in [3.8, 4) is 11.5 Å². The molecule has 0 radical (unpaired) electrons. The van der Waals surface area contributed by atoms with Crippen LogP contribution in [-0.2, 0) is 5.41 Å². The van der Waals surface area contributed by atoms with Gasteiger partial charge in [0.1, 0.15) is 5.52 Å². The van der Waals surface area contributed by atoms with Gasteiger partial charge in [0.05, 0.1) is 11.8 Å². The molecule has 1 N–H and O–H groups in total. The number of fused-ring (bicyclic) bond motifs is 3. The van der Waals surface area contributed by atoms with E-state index in [1.165, 1.54) is 5.56 Å². The van der Waals surface area contributed by atoms with Crippen LogP contribution in [0.1, 0.15) is 59.6 Å². The first-order valence-electron chi connectivity index (χ1n) is 7.84. The Kier molecular flexibility index (Phi) is 2.89. The quantitative estimate of drug-likeness (QED) is 0.767. The van der Waals surface area contributed by atoms with Crippen molar-refractivity contribution in [2.75, 3.05) is 0 Å². The van der Waals surface area contributed by atoms with Crippen LogP contribution in [0.5, 0.6) is 11.5 Å². The molecule has 4 nitrogen and oxygen atoms in total. The van der Waals surface area contributed by atoms with Crippen LogP contribution in [-0.4, -0.2) is 15.8 Å². The number of nitrogens with zero attached hydrogens (tertiary/aromatic N) is 1. The number of aromatic nitrogens is 2. The van der Waals surface area contributed by atoms with Gasteiger partial charge in [0.15, 0.2) is 11.5 Å². The number of hydrogen-bond donors (Lipinski definition) is 1. The van der Waals surface area contributed by atoms with E-state index in [2.05, 4.69) is 58.4 Å². The fourth-order valence-electron chi connectivity index (χ4n) is 3.11. The van der Waals surface area contributed by atoms with Gasteiger partial charge in [-0.25, -0.2) is 4.98 Å². The first kappa shape index (κ1) is 15.2. The van der Waals surface area contributed by atoms with E-state index in [-0.39, 0.29) is 10.8 Å². The van der Waals surface area contributed by atoms with E-state index in [0.717, 1.165) is 28.1 Å². The normalized spacial score (nSPS) is 21.6. The summed E-state index contributed by atoms with van der Waals surface area (Å²) in [7, 11) is 0. The van der Waals surface area contributed by atoms with Crippen molar-refractivity contribution < 1.29 is 9.47 Å². The lowest BCUT2D eigenvalue weighted by Crippen LogP contribution is -2.47. The Balaban J connectivity index is 2.31. The molecular weight excluding hydrogens is 276 g/mol. The molecule has 1 atom stereocenters. The zero-order chi connectivity index (χ0) is 16.5. The number of rotatable bonds is 0. The maximum absolute atomic E-state index is 6.33. The first-order valence-corrected chi connectivity index (χ1v) is 7.84. The Bertz CT molecular complexity index is 747. The largest absolute Gasteiger partial charge is 0.448 e. The van der Waals surface area contributed by atoms with Crippen molar-refractivity contribution in [3.63, 3.8) is 0 Å². The van der Waals surface area contributed by atoms with Gasteiger partial charge in [-0.3, -0.25) is 0 Å². The van der Waals surface area contributed by atoms with Crippen LogP contribution in [0.4, 0.5) is 0 Å². The average Bonchev–Trinajstić information content (AvgIpc) is 2.90. The monoisotopic (exact) mass is 302 g/mol. The second-order valence-electron chi connectivity index (χ2n) is 8.43. The fraction of sp³-hybridized carbons (Fsp3) is 0.611. The topological polar surface area (TPSA) is 47.1 Å². The molecule has 22 heavy (non-hydrogen) atoms. The summed E-state index contributed by atoms with van der Waals surface area (Å²) in [5.74, 6) is 0.906. The van der Waals surface area contributed by atoms with Crippen LogP contribution in [0.15, 0.2) is 6.33 Å². The van der Waals surface area contributed by atoms with Crippen molar-refractivity contribution in [1.82, 2.24) is 9.97 Å². The summed E-state index contributed by atoms with van der Waals surface area (Å²) in [6, 6.07) is 0. The van der Waals surface area contributed by atoms with E-state index in [1.54, 1.807) is 6.33 Å². The Hall–Kier alpha value is -1.71. The maximum Gasteiger partial charge on any atom is 0.253 e. The molecule has 4 heteroatoms. The molecule has 2 heterocycles. The lowest BCUT2D eigenvalue weighted by Gasteiger charge is -2.36. The van der Waals surface area contributed by atoms with Gasteiger partial charge in [-0.15, -0.1) is 0 Å². The van der Waals surface area contributed by atoms with Crippen LogP contribution in [0.3, 0.4) is 0 Å². The van der Waals surface area contributed by atoms with E-state index in [1.807, 2.05) is 6.92 Å². The number of aromatic amines is 1. The number of nitrogens with one attached hydrogen (secondary N) is 1. The number of imidazole rings is 1. The summed E-state index contributed by atoms with van der Waals surface area (Å²) in [4.78, 5) is 7.78. The Morgan fingerprint density at radius 1 is 1.05 bits per heavy atom. The van der Waals surface area contributed by atoms with E-state index >= 15 is 0 Å². The van der Waals surface area contributed by atoms with Crippen molar-refractivity contribution in [2.24, 2.45) is 5.41 Å². The van der Waals surface area contributed by atoms with Gasteiger partial charge in [-0.2, -0.15) is 0 Å². The number of hydrogen-bond acceptors (Lipinski definition) is 3. The smallest absolute Gasteiger partial charge is 0.253 e. The Morgan fingerprint density at radius 3 is 2.18 bits per heavy atom. The van der Waals surface area contributed by atoms with E-state index < -0.39 is 5.79 Å². The zero-order valence-corrected chi connectivity index (χ0v) is 14.8. The molecule has 0 aliphatic carbocycles. The third-order valence-corrected chi connectivity index (χ3v) is 4.73. The second-order valence-corrected chi connectivity index (χ2v) is 8.43. The van der Waals surface area contributed by atoms with Crippen molar-refractivity contribution in [2.45, 2.75) is 66.6 Å². The molecule has 120 valence electrons. The predicted molar refractivity (Wildman–Crippen MR) is 88.6 cm³/mol. The Morgan fingerprint density at radius 2 is 1.64 bits per heavy atom. The summed E-state index contributed by atoms with van der Waals surface area (Å²) in [6.07, 6.45) is 1.73. The zero-order valence-electron chi connectivity index (χ0n) is 14.8. The number of H-pyrrole nitrogens is 1. The van der Waals surface area contributed by atoms with Crippen molar-refractivity contribution in [3.05, 3.63) is 17.5 Å². The average molecular weight is 302 g/mol. The molecule has 0 fully saturated rings. The molecule has 0 saturated heterocycles. The molecule has 1 aromatic carbocycles. The molecule has 3 rings (SSSR count). The molecule has 1 aliphatic rings. The highest BCUT2D eigenvalue weighted by atomic mass is 16.7. The predicted octanol–water partition coefficient (Wildman–Crippen LogP) is 4.70. The van der Waals surface area contributed by atoms with Gasteiger partial charge in [0, 0.05) is 17.9 Å². The minimum absolute atomic E-state index is 0.00597. The third kappa shape index (κ3) is 1.93. The van der Waals surface area contributed by atoms with E-state index in [4.69, 9.17) is 9.47 Å². The summed E-state index contributed by atoms with van der Waals surface area (Å²) >= 11 is 0. The first-order chi connectivity index (χ1) is 9.96. The molecule has 1 unspecified atom stereocenters. The highest BCUT2D eigenvalue weighted by molar-refractivity contribution is 5.90. The lowest BCUT2D eigenvalue weighted by molar-refractivity contribution is -0.142. The van der Waals surface area contributed by atoms with Crippen LogP contribution in [0.2, 0.25) is 0 Å².